The van der Waals surface area contributed by atoms with E-state index in [0.717, 1.165) is 5.56 Å². The zero-order chi connectivity index (χ0) is 15.4. The molecule has 0 saturated carbocycles. The summed E-state index contributed by atoms with van der Waals surface area (Å²) in [7, 11) is 0. The van der Waals surface area contributed by atoms with Crippen LogP contribution >= 0.6 is 0 Å². The summed E-state index contributed by atoms with van der Waals surface area (Å²) in [5.41, 5.74) is 1.93. The summed E-state index contributed by atoms with van der Waals surface area (Å²) >= 11 is 0. The van der Waals surface area contributed by atoms with Gasteiger partial charge in [0.05, 0.1) is 6.07 Å². The molecule has 2 unspecified atom stereocenters. The molecule has 0 aromatic heterocycles. The van der Waals surface area contributed by atoms with Crippen LogP contribution in [0.3, 0.4) is 0 Å². The van der Waals surface area contributed by atoms with E-state index in [4.69, 9.17) is 5.21 Å². The van der Waals surface area contributed by atoms with Crippen LogP contribution in [0.25, 0.3) is 12.2 Å². The lowest BCUT2D eigenvalue weighted by atomic mass is 10.1. The molecule has 0 amide bonds. The van der Waals surface area contributed by atoms with Crippen molar-refractivity contribution < 1.29 is 20.9 Å². The Bertz CT molecular complexity index is 640. The molecule has 0 saturated heterocycles. The second-order valence-electron chi connectivity index (χ2n) is 4.61. The van der Waals surface area contributed by atoms with E-state index in [1.54, 1.807) is 25.1 Å². The highest BCUT2D eigenvalue weighted by Crippen LogP contribution is 2.22. The van der Waals surface area contributed by atoms with Crippen molar-refractivity contribution in [2.75, 3.05) is 0 Å². The van der Waals surface area contributed by atoms with Crippen molar-refractivity contribution in [1.82, 2.24) is 0 Å². The van der Waals surface area contributed by atoms with Gasteiger partial charge in [-0.25, -0.2) is 10.4 Å². The molecule has 0 aliphatic heterocycles. The summed E-state index contributed by atoms with van der Waals surface area (Å²) in [4.78, 5) is 0. The second kappa shape index (κ2) is 6.59. The summed E-state index contributed by atoms with van der Waals surface area (Å²) in [6.07, 6.45) is 3.47. The van der Waals surface area contributed by atoms with E-state index in [2.05, 4.69) is 0 Å². The number of hydrogen-bond acceptors (Lipinski definition) is 4. The summed E-state index contributed by atoms with van der Waals surface area (Å²) in [5, 5.41) is 38.4. The van der Waals surface area contributed by atoms with Crippen molar-refractivity contribution in [3.63, 3.8) is 0 Å². The molecular formula is C15H16N2O4. The van der Waals surface area contributed by atoms with E-state index in [-0.39, 0.29) is 11.4 Å². The molecule has 0 heterocycles. The largest absolute Gasteiger partial charge is 0.595 e. The first-order valence-electron chi connectivity index (χ1n) is 6.33. The minimum Gasteiger partial charge on any atom is -0.595 e. The Morgan fingerprint density at radius 2 is 1.52 bits per heavy atom. The molecule has 2 aromatic rings. The monoisotopic (exact) mass is 288 g/mol. The van der Waals surface area contributed by atoms with Gasteiger partial charge in [0.1, 0.15) is 0 Å². The van der Waals surface area contributed by atoms with Gasteiger partial charge in [-0.3, -0.25) is 0 Å². The van der Waals surface area contributed by atoms with E-state index in [1.807, 2.05) is 30.3 Å². The van der Waals surface area contributed by atoms with Crippen molar-refractivity contribution in [3.8, 4) is 0 Å². The highest BCUT2D eigenvalue weighted by Gasteiger charge is 2.15. The van der Waals surface area contributed by atoms with Gasteiger partial charge in [0.15, 0.2) is 11.4 Å². The highest BCUT2D eigenvalue weighted by atomic mass is 16.8. The molecule has 21 heavy (non-hydrogen) atoms. The van der Waals surface area contributed by atoms with Crippen molar-refractivity contribution in [2.45, 2.75) is 6.92 Å². The van der Waals surface area contributed by atoms with Crippen molar-refractivity contribution >= 4 is 23.5 Å². The lowest BCUT2D eigenvalue weighted by Crippen LogP contribution is -3.01. The van der Waals surface area contributed by atoms with Crippen LogP contribution in [0.2, 0.25) is 0 Å². The topological polar surface area (TPSA) is 95.5 Å². The zero-order valence-corrected chi connectivity index (χ0v) is 11.4. The third-order valence-electron chi connectivity index (χ3n) is 3.11. The van der Waals surface area contributed by atoms with E-state index in [9.17, 15) is 15.6 Å². The van der Waals surface area contributed by atoms with Gasteiger partial charge in [-0.2, -0.15) is 10.5 Å². The maximum absolute atomic E-state index is 11.3. The van der Waals surface area contributed by atoms with Gasteiger partial charge in [-0.15, -0.1) is 0 Å². The van der Waals surface area contributed by atoms with Crippen molar-refractivity contribution in [2.24, 2.45) is 0 Å². The molecule has 2 atom stereocenters. The van der Waals surface area contributed by atoms with Crippen LogP contribution in [-0.4, -0.2) is 10.4 Å². The molecule has 2 aromatic carbocycles. The van der Waals surface area contributed by atoms with E-state index >= 15 is 0 Å². The Morgan fingerprint density at radius 1 is 0.905 bits per heavy atom. The van der Waals surface area contributed by atoms with Gasteiger partial charge in [-0.1, -0.05) is 36.4 Å². The molecule has 0 radical (unpaired) electrons. The van der Waals surface area contributed by atoms with Crippen molar-refractivity contribution in [3.05, 3.63) is 69.6 Å². The number of aryl methyl sites for hydroxylation is 1. The Labute approximate surface area is 121 Å². The van der Waals surface area contributed by atoms with Crippen LogP contribution in [0.15, 0.2) is 42.5 Å². The van der Waals surface area contributed by atoms with E-state index in [1.165, 1.54) is 6.07 Å². The quantitative estimate of drug-likeness (QED) is 0.498. The lowest BCUT2D eigenvalue weighted by molar-refractivity contribution is -0.996. The fourth-order valence-corrected chi connectivity index (χ4v) is 2.03. The average molecular weight is 288 g/mol. The van der Waals surface area contributed by atoms with E-state index in [0.29, 0.717) is 11.1 Å². The van der Waals surface area contributed by atoms with Gasteiger partial charge in [0.25, 0.3) is 0 Å². The van der Waals surface area contributed by atoms with E-state index < -0.39 is 10.5 Å². The predicted octanol–water partition coefficient (Wildman–Crippen LogP) is 0.972. The zero-order valence-electron chi connectivity index (χ0n) is 11.4. The molecule has 0 bridgehead atoms. The molecule has 0 fully saturated rings. The summed E-state index contributed by atoms with van der Waals surface area (Å²) in [5.74, 6) is 0. The fraction of sp³-hybridized carbons (Fsp3) is 0.0667. The van der Waals surface area contributed by atoms with Gasteiger partial charge >= 0.3 is 0 Å². The Kier molecular flexibility index (Phi) is 4.81. The van der Waals surface area contributed by atoms with Crippen LogP contribution in [-0.2, 0) is 0 Å². The lowest BCUT2D eigenvalue weighted by Gasteiger charge is -2.19. The summed E-state index contributed by atoms with van der Waals surface area (Å²) in [6.45, 7) is 1.65. The van der Waals surface area contributed by atoms with Crippen LogP contribution in [0.1, 0.15) is 16.7 Å². The summed E-state index contributed by atoms with van der Waals surface area (Å²) < 4.78 is 0. The molecule has 6 heteroatoms. The third kappa shape index (κ3) is 3.73. The molecule has 6 nitrogen and oxygen atoms in total. The molecule has 2 rings (SSSR count). The van der Waals surface area contributed by atoms with Gasteiger partial charge < -0.3 is 10.4 Å². The number of benzene rings is 2. The van der Waals surface area contributed by atoms with Crippen LogP contribution < -0.4 is 10.5 Å². The number of nitrogens with one attached hydrogen (secondary N) is 2. The number of quaternary nitrogens is 2. The first-order chi connectivity index (χ1) is 9.99. The maximum Gasteiger partial charge on any atom is 0.177 e. The Hall–Kier alpha value is -2.06. The first-order valence-corrected chi connectivity index (χ1v) is 6.33. The summed E-state index contributed by atoms with van der Waals surface area (Å²) in [6, 6.07) is 12.2. The molecule has 4 N–H and O–H groups in total. The predicted molar refractivity (Wildman–Crippen MR) is 78.1 cm³/mol. The third-order valence-corrected chi connectivity index (χ3v) is 3.11. The molecule has 110 valence electrons. The number of hydrogen-bond donors (Lipinski definition) is 4. The van der Waals surface area contributed by atoms with Crippen LogP contribution in [0.4, 0.5) is 11.4 Å². The first kappa shape index (κ1) is 15.3. The van der Waals surface area contributed by atoms with Crippen LogP contribution in [0, 0.1) is 17.3 Å². The van der Waals surface area contributed by atoms with Gasteiger partial charge in [0, 0.05) is 11.1 Å². The van der Waals surface area contributed by atoms with Gasteiger partial charge in [0.2, 0.25) is 0 Å². The average Bonchev–Trinajstić information content (AvgIpc) is 2.45. The molecule has 0 aliphatic rings. The van der Waals surface area contributed by atoms with Crippen LogP contribution in [0.5, 0.6) is 0 Å². The molecular weight excluding hydrogens is 272 g/mol. The Balaban J connectivity index is 2.43. The number of rotatable bonds is 4. The highest BCUT2D eigenvalue weighted by molar-refractivity contribution is 5.75. The van der Waals surface area contributed by atoms with Gasteiger partial charge in [-0.05, 0) is 24.6 Å². The normalized spacial score (nSPS) is 14.3. The maximum atomic E-state index is 11.3. The smallest absolute Gasteiger partial charge is 0.177 e. The van der Waals surface area contributed by atoms with Crippen molar-refractivity contribution in [1.29, 1.82) is 0 Å². The minimum absolute atomic E-state index is 0.00395. The SMILES string of the molecule is Cc1cc(C=Cc2ccccc2)c([NH+]([O-])O)cc1[NH+]([O-])O. The minimum atomic E-state index is -1.15. The Morgan fingerprint density at radius 3 is 2.10 bits per heavy atom. The standard InChI is InChI=1S/C15H16N2O4/c1-11-9-13(8-7-12-5-3-2-4-6-12)15(17(20)21)10-14(11)16(18)19/h2-10,16-18,20H,1H3. The molecule has 0 spiro atoms. The molecule has 0 aliphatic carbocycles. The second-order valence-corrected chi connectivity index (χ2v) is 4.61. The fourth-order valence-electron chi connectivity index (χ4n) is 2.03.